The van der Waals surface area contributed by atoms with E-state index in [9.17, 15) is 17.6 Å². The molecule has 4 radical (unpaired) electrons. The monoisotopic (exact) mass is 270 g/mol. The zero-order chi connectivity index (χ0) is 12.2. The lowest BCUT2D eigenvalue weighted by Crippen LogP contribution is -1.97. The number of hydrogen-bond donors (Lipinski definition) is 0. The van der Waals surface area contributed by atoms with Gasteiger partial charge in [-0.15, -0.1) is 0 Å². The van der Waals surface area contributed by atoms with E-state index in [1.54, 1.807) is 0 Å². The highest BCUT2D eigenvalue weighted by molar-refractivity contribution is 6.42. The van der Waals surface area contributed by atoms with E-state index in [-0.39, 0.29) is 12.8 Å². The van der Waals surface area contributed by atoms with Crippen LogP contribution in [-0.2, 0) is 0 Å². The van der Waals surface area contributed by atoms with Crippen LogP contribution in [0.2, 0.25) is 24.2 Å². The van der Waals surface area contributed by atoms with Gasteiger partial charge < -0.3 is 0 Å². The third-order valence-corrected chi connectivity index (χ3v) is 5.15. The third-order valence-electron chi connectivity index (χ3n) is 2.03. The molecule has 0 aromatic rings. The Kier molecular flexibility index (Phi) is 11.7. The highest BCUT2D eigenvalue weighted by Crippen LogP contribution is 2.09. The quantitative estimate of drug-likeness (QED) is 0.300. The molecule has 0 aromatic carbocycles. The first-order chi connectivity index (χ1) is 7.63. The van der Waals surface area contributed by atoms with E-state index in [0.717, 1.165) is 43.2 Å². The summed E-state index contributed by atoms with van der Waals surface area (Å²) in [5, 5.41) is 0. The van der Waals surface area contributed by atoms with Crippen molar-refractivity contribution in [2.75, 3.05) is 0 Å². The molecule has 0 bridgehead atoms. The Labute approximate surface area is 99.8 Å². The topological polar surface area (TPSA) is 0 Å². The minimum Gasteiger partial charge on any atom is -0.211 e. The van der Waals surface area contributed by atoms with Crippen molar-refractivity contribution >= 4 is 19.0 Å². The Morgan fingerprint density at radius 1 is 0.625 bits per heavy atom. The molecular formula is C10H18F4Si2. The normalized spacial score (nSPS) is 11.6. The lowest BCUT2D eigenvalue weighted by atomic mass is 10.3. The SMILES string of the molecule is FC(F)CCC[Si]CC[Si]CCCC(F)F. The summed E-state index contributed by atoms with van der Waals surface area (Å²) in [7, 11) is 1.53. The lowest BCUT2D eigenvalue weighted by Gasteiger charge is -2.01. The average molecular weight is 270 g/mol. The third kappa shape index (κ3) is 14.2. The molecule has 0 spiro atoms. The van der Waals surface area contributed by atoms with E-state index in [2.05, 4.69) is 0 Å². The Balaban J connectivity index is 2.93. The van der Waals surface area contributed by atoms with Crippen LogP contribution in [0.25, 0.3) is 0 Å². The zero-order valence-electron chi connectivity index (χ0n) is 9.32. The first-order valence-corrected chi connectivity index (χ1v) is 8.43. The van der Waals surface area contributed by atoms with Gasteiger partial charge in [0.2, 0.25) is 12.9 Å². The Hall–Kier alpha value is 0.154. The van der Waals surface area contributed by atoms with Gasteiger partial charge in [-0.3, -0.25) is 0 Å². The Morgan fingerprint density at radius 3 is 1.31 bits per heavy atom. The predicted molar refractivity (Wildman–Crippen MR) is 61.2 cm³/mol. The maximum absolute atomic E-state index is 11.8. The van der Waals surface area contributed by atoms with Crippen LogP contribution in [0.15, 0.2) is 0 Å². The molecule has 0 saturated carbocycles. The largest absolute Gasteiger partial charge is 0.238 e. The van der Waals surface area contributed by atoms with Gasteiger partial charge in [0, 0.05) is 31.9 Å². The minimum absolute atomic E-state index is 0.0175. The van der Waals surface area contributed by atoms with E-state index in [1.165, 1.54) is 0 Å². The summed E-state index contributed by atoms with van der Waals surface area (Å²) in [6, 6.07) is 3.95. The highest BCUT2D eigenvalue weighted by Gasteiger charge is 2.02. The summed E-state index contributed by atoms with van der Waals surface area (Å²) >= 11 is 0. The van der Waals surface area contributed by atoms with Crippen LogP contribution in [0.5, 0.6) is 0 Å². The van der Waals surface area contributed by atoms with Crippen LogP contribution in [0.4, 0.5) is 17.6 Å². The molecule has 0 nitrogen and oxygen atoms in total. The summed E-state index contributed by atoms with van der Waals surface area (Å²) in [5.41, 5.74) is 0. The fourth-order valence-electron chi connectivity index (χ4n) is 1.19. The lowest BCUT2D eigenvalue weighted by molar-refractivity contribution is 0.136. The molecule has 0 rings (SSSR count). The fraction of sp³-hybridized carbons (Fsp3) is 1.00. The molecule has 0 aromatic heterocycles. The molecule has 0 atom stereocenters. The zero-order valence-corrected chi connectivity index (χ0v) is 11.3. The van der Waals surface area contributed by atoms with Crippen molar-refractivity contribution < 1.29 is 17.6 Å². The van der Waals surface area contributed by atoms with Crippen LogP contribution in [0, 0.1) is 0 Å². The van der Waals surface area contributed by atoms with Crippen LogP contribution < -0.4 is 0 Å². The number of halogens is 4. The molecule has 6 heteroatoms. The van der Waals surface area contributed by atoms with Crippen molar-refractivity contribution in [1.82, 2.24) is 0 Å². The molecule has 0 heterocycles. The predicted octanol–water partition coefficient (Wildman–Crippen LogP) is 4.16. The second-order valence-corrected chi connectivity index (χ2v) is 6.57. The van der Waals surface area contributed by atoms with Gasteiger partial charge in [-0.2, -0.15) is 0 Å². The van der Waals surface area contributed by atoms with E-state index in [0.29, 0.717) is 12.8 Å². The molecule has 0 amide bonds. The molecule has 0 fully saturated rings. The summed E-state index contributed by atoms with van der Waals surface area (Å²) in [4.78, 5) is 0. The van der Waals surface area contributed by atoms with Crippen molar-refractivity contribution in [2.45, 2.75) is 62.7 Å². The van der Waals surface area contributed by atoms with Gasteiger partial charge in [0.15, 0.2) is 0 Å². The second kappa shape index (κ2) is 11.6. The first kappa shape index (κ1) is 16.2. The van der Waals surface area contributed by atoms with Gasteiger partial charge in [-0.1, -0.05) is 37.0 Å². The highest BCUT2D eigenvalue weighted by atomic mass is 28.2. The van der Waals surface area contributed by atoms with Gasteiger partial charge in [0.05, 0.1) is 0 Å². The number of hydrogen-bond acceptors (Lipinski definition) is 0. The number of alkyl halides is 4. The molecule has 0 aliphatic rings. The van der Waals surface area contributed by atoms with E-state index < -0.39 is 12.9 Å². The van der Waals surface area contributed by atoms with Gasteiger partial charge in [-0.25, -0.2) is 17.6 Å². The van der Waals surface area contributed by atoms with Gasteiger partial charge in [-0.05, 0) is 0 Å². The summed E-state index contributed by atoms with van der Waals surface area (Å²) < 4.78 is 47.0. The second-order valence-electron chi connectivity index (χ2n) is 3.57. The van der Waals surface area contributed by atoms with Crippen molar-refractivity contribution in [2.24, 2.45) is 0 Å². The summed E-state index contributed by atoms with van der Waals surface area (Å²) in [5.74, 6) is 0. The summed E-state index contributed by atoms with van der Waals surface area (Å²) in [6.45, 7) is 0. The molecule has 0 saturated heterocycles. The smallest absolute Gasteiger partial charge is 0.211 e. The van der Waals surface area contributed by atoms with E-state index in [1.807, 2.05) is 0 Å². The standard InChI is InChI=1S/C10H18F4Si2/c11-9(12)3-1-5-15-7-8-16-6-2-4-10(13)14/h9-10H,1-8H2. The van der Waals surface area contributed by atoms with Crippen molar-refractivity contribution in [3.05, 3.63) is 0 Å². The minimum atomic E-state index is -2.17. The maximum atomic E-state index is 11.8. The van der Waals surface area contributed by atoms with Crippen molar-refractivity contribution in [3.8, 4) is 0 Å². The van der Waals surface area contributed by atoms with E-state index >= 15 is 0 Å². The Morgan fingerprint density at radius 2 is 1.00 bits per heavy atom. The van der Waals surface area contributed by atoms with Crippen LogP contribution in [0.1, 0.15) is 25.7 Å². The molecule has 94 valence electrons. The molecule has 0 aliphatic carbocycles. The van der Waals surface area contributed by atoms with Crippen molar-refractivity contribution in [1.29, 1.82) is 0 Å². The van der Waals surface area contributed by atoms with E-state index in [4.69, 9.17) is 0 Å². The molecule has 0 N–H and O–H groups in total. The maximum Gasteiger partial charge on any atom is 0.238 e. The molecule has 0 unspecified atom stereocenters. The van der Waals surface area contributed by atoms with Crippen LogP contribution in [0.3, 0.4) is 0 Å². The fourth-order valence-corrected chi connectivity index (χ4v) is 4.01. The molecular weight excluding hydrogens is 252 g/mol. The molecule has 0 aliphatic heterocycles. The van der Waals surface area contributed by atoms with Gasteiger partial charge in [0.1, 0.15) is 0 Å². The summed E-state index contributed by atoms with van der Waals surface area (Å²) in [6.07, 6.45) is -3.07. The number of rotatable bonds is 11. The van der Waals surface area contributed by atoms with Crippen molar-refractivity contribution in [3.63, 3.8) is 0 Å². The average Bonchev–Trinajstić information content (AvgIpc) is 2.20. The molecule has 16 heavy (non-hydrogen) atoms. The Bertz CT molecular complexity index is 129. The van der Waals surface area contributed by atoms with Gasteiger partial charge >= 0.3 is 0 Å². The first-order valence-electron chi connectivity index (χ1n) is 5.60. The van der Waals surface area contributed by atoms with Crippen LogP contribution >= 0.6 is 0 Å². The van der Waals surface area contributed by atoms with Crippen LogP contribution in [-0.4, -0.2) is 31.9 Å². The van der Waals surface area contributed by atoms with Gasteiger partial charge in [0.25, 0.3) is 0 Å².